The number of thiazole rings is 1. The van der Waals surface area contributed by atoms with Crippen LogP contribution in [0.3, 0.4) is 0 Å². The number of rotatable bonds is 5. The van der Waals surface area contributed by atoms with Crippen LogP contribution in [0.15, 0.2) is 30.5 Å². The van der Waals surface area contributed by atoms with E-state index in [1.807, 2.05) is 20.2 Å². The number of hydrogen-bond donors (Lipinski definition) is 1. The van der Waals surface area contributed by atoms with Crippen LogP contribution >= 0.6 is 11.3 Å². The van der Waals surface area contributed by atoms with Crippen LogP contribution < -0.4 is 10.2 Å². The molecule has 1 aromatic heterocycles. The molecule has 2 aromatic rings. The number of nitrogens with zero attached hydrogens (tertiary/aromatic N) is 2. The molecule has 0 radical (unpaired) electrons. The van der Waals surface area contributed by atoms with Crippen molar-refractivity contribution in [1.82, 2.24) is 4.98 Å². The van der Waals surface area contributed by atoms with Gasteiger partial charge < -0.3 is 10.2 Å². The van der Waals surface area contributed by atoms with E-state index >= 15 is 0 Å². The fourth-order valence-corrected chi connectivity index (χ4v) is 2.57. The predicted molar refractivity (Wildman–Crippen MR) is 74.8 cm³/mol. The van der Waals surface area contributed by atoms with E-state index in [4.69, 9.17) is 0 Å². The molecule has 0 atom stereocenters. The molecule has 0 saturated carbocycles. The van der Waals surface area contributed by atoms with Gasteiger partial charge in [-0.1, -0.05) is 0 Å². The van der Waals surface area contributed by atoms with Crippen molar-refractivity contribution in [2.45, 2.75) is 13.5 Å². The summed E-state index contributed by atoms with van der Waals surface area (Å²) in [4.78, 5) is 7.54. The molecule has 18 heavy (non-hydrogen) atoms. The SMILES string of the molecule is CCNc1ncc(CN(C)c2ccc(F)cc2)s1. The normalized spacial score (nSPS) is 10.4. The lowest BCUT2D eigenvalue weighted by Crippen LogP contribution is -2.15. The zero-order chi connectivity index (χ0) is 13.0. The number of anilines is 2. The quantitative estimate of drug-likeness (QED) is 0.898. The van der Waals surface area contributed by atoms with Gasteiger partial charge in [-0.25, -0.2) is 9.37 Å². The molecular formula is C13H16FN3S. The molecule has 0 bridgehead atoms. The molecule has 0 aliphatic rings. The summed E-state index contributed by atoms with van der Waals surface area (Å²) in [6, 6.07) is 6.51. The lowest BCUT2D eigenvalue weighted by Gasteiger charge is -2.17. The summed E-state index contributed by atoms with van der Waals surface area (Å²) < 4.78 is 12.8. The highest BCUT2D eigenvalue weighted by atomic mass is 32.1. The summed E-state index contributed by atoms with van der Waals surface area (Å²) in [5.41, 5.74) is 0.995. The van der Waals surface area contributed by atoms with E-state index in [-0.39, 0.29) is 5.82 Å². The number of aromatic nitrogens is 1. The maximum absolute atomic E-state index is 12.8. The Labute approximate surface area is 110 Å². The maximum atomic E-state index is 12.8. The van der Waals surface area contributed by atoms with Gasteiger partial charge in [0.15, 0.2) is 5.13 Å². The average Bonchev–Trinajstić information content (AvgIpc) is 2.78. The molecule has 0 unspecified atom stereocenters. The highest BCUT2D eigenvalue weighted by molar-refractivity contribution is 7.15. The van der Waals surface area contributed by atoms with Gasteiger partial charge in [-0.2, -0.15) is 0 Å². The molecule has 0 saturated heterocycles. The Kier molecular flexibility index (Phi) is 4.15. The van der Waals surface area contributed by atoms with Gasteiger partial charge in [-0.3, -0.25) is 0 Å². The van der Waals surface area contributed by atoms with Crippen LogP contribution in [-0.2, 0) is 6.54 Å². The van der Waals surface area contributed by atoms with Crippen LogP contribution in [0.4, 0.5) is 15.2 Å². The van der Waals surface area contributed by atoms with Gasteiger partial charge in [0, 0.05) is 30.4 Å². The Morgan fingerprint density at radius 1 is 1.33 bits per heavy atom. The molecule has 0 fully saturated rings. The van der Waals surface area contributed by atoms with E-state index in [0.717, 1.165) is 23.9 Å². The van der Waals surface area contributed by atoms with E-state index in [1.165, 1.54) is 17.0 Å². The highest BCUT2D eigenvalue weighted by Crippen LogP contribution is 2.22. The molecule has 0 amide bonds. The van der Waals surface area contributed by atoms with Crippen molar-refractivity contribution >= 4 is 22.2 Å². The van der Waals surface area contributed by atoms with Gasteiger partial charge in [0.2, 0.25) is 0 Å². The van der Waals surface area contributed by atoms with Crippen LogP contribution in [-0.4, -0.2) is 18.6 Å². The zero-order valence-electron chi connectivity index (χ0n) is 10.5. The lowest BCUT2D eigenvalue weighted by atomic mass is 10.3. The average molecular weight is 265 g/mol. The van der Waals surface area contributed by atoms with Crippen molar-refractivity contribution in [3.05, 3.63) is 41.2 Å². The van der Waals surface area contributed by atoms with E-state index in [9.17, 15) is 4.39 Å². The fourth-order valence-electron chi connectivity index (χ4n) is 1.63. The third-order valence-corrected chi connectivity index (χ3v) is 3.48. The third-order valence-electron chi connectivity index (χ3n) is 2.54. The molecule has 1 N–H and O–H groups in total. The van der Waals surface area contributed by atoms with Gasteiger partial charge in [0.1, 0.15) is 5.82 Å². The van der Waals surface area contributed by atoms with Crippen molar-refractivity contribution in [2.75, 3.05) is 23.8 Å². The van der Waals surface area contributed by atoms with Crippen LogP contribution in [0.25, 0.3) is 0 Å². The Balaban J connectivity index is 2.01. The maximum Gasteiger partial charge on any atom is 0.182 e. The fraction of sp³-hybridized carbons (Fsp3) is 0.308. The lowest BCUT2D eigenvalue weighted by molar-refractivity contribution is 0.627. The van der Waals surface area contributed by atoms with E-state index in [1.54, 1.807) is 23.5 Å². The summed E-state index contributed by atoms with van der Waals surface area (Å²) in [7, 11) is 1.99. The summed E-state index contributed by atoms with van der Waals surface area (Å²) in [5.74, 6) is -0.209. The second-order valence-electron chi connectivity index (χ2n) is 3.99. The second kappa shape index (κ2) is 5.82. The summed E-state index contributed by atoms with van der Waals surface area (Å²) >= 11 is 1.65. The first-order chi connectivity index (χ1) is 8.69. The Hall–Kier alpha value is -1.62. The Morgan fingerprint density at radius 3 is 2.72 bits per heavy atom. The van der Waals surface area contributed by atoms with Gasteiger partial charge in [-0.05, 0) is 31.2 Å². The molecule has 0 spiro atoms. The summed E-state index contributed by atoms with van der Waals surface area (Å²) in [6.07, 6.45) is 1.88. The molecule has 1 aromatic carbocycles. The molecule has 96 valence electrons. The molecule has 3 nitrogen and oxygen atoms in total. The number of hydrogen-bond acceptors (Lipinski definition) is 4. The van der Waals surface area contributed by atoms with Crippen molar-refractivity contribution in [2.24, 2.45) is 0 Å². The number of nitrogens with one attached hydrogen (secondary N) is 1. The minimum atomic E-state index is -0.209. The first-order valence-electron chi connectivity index (χ1n) is 5.84. The molecule has 2 rings (SSSR count). The summed E-state index contributed by atoms with van der Waals surface area (Å²) in [6.45, 7) is 3.70. The van der Waals surface area contributed by atoms with Crippen LogP contribution in [0.1, 0.15) is 11.8 Å². The first-order valence-corrected chi connectivity index (χ1v) is 6.66. The van der Waals surface area contributed by atoms with Crippen molar-refractivity contribution in [3.8, 4) is 0 Å². The minimum Gasteiger partial charge on any atom is -0.369 e. The molecular weight excluding hydrogens is 249 g/mol. The number of halogens is 1. The first kappa shape index (κ1) is 12.8. The van der Waals surface area contributed by atoms with E-state index in [2.05, 4.69) is 15.2 Å². The van der Waals surface area contributed by atoms with Gasteiger partial charge in [-0.15, -0.1) is 11.3 Å². The van der Waals surface area contributed by atoms with Gasteiger partial charge in [0.25, 0.3) is 0 Å². The minimum absolute atomic E-state index is 0.209. The second-order valence-corrected chi connectivity index (χ2v) is 5.11. The molecule has 1 heterocycles. The number of benzene rings is 1. The largest absolute Gasteiger partial charge is 0.369 e. The highest BCUT2D eigenvalue weighted by Gasteiger charge is 2.06. The smallest absolute Gasteiger partial charge is 0.182 e. The van der Waals surface area contributed by atoms with Crippen molar-refractivity contribution in [3.63, 3.8) is 0 Å². The van der Waals surface area contributed by atoms with Gasteiger partial charge in [0.05, 0.1) is 6.54 Å². The molecule has 5 heteroatoms. The molecule has 0 aliphatic heterocycles. The molecule has 0 aliphatic carbocycles. The monoisotopic (exact) mass is 265 g/mol. The third kappa shape index (κ3) is 3.20. The van der Waals surface area contributed by atoms with Crippen molar-refractivity contribution < 1.29 is 4.39 Å². The van der Waals surface area contributed by atoms with Crippen LogP contribution in [0.2, 0.25) is 0 Å². The predicted octanol–water partition coefficient (Wildman–Crippen LogP) is 3.35. The topological polar surface area (TPSA) is 28.2 Å². The Bertz CT molecular complexity index is 495. The summed E-state index contributed by atoms with van der Waals surface area (Å²) in [5, 5.41) is 4.13. The Morgan fingerprint density at radius 2 is 2.06 bits per heavy atom. The van der Waals surface area contributed by atoms with Crippen LogP contribution in [0.5, 0.6) is 0 Å². The van der Waals surface area contributed by atoms with E-state index < -0.39 is 0 Å². The van der Waals surface area contributed by atoms with Gasteiger partial charge >= 0.3 is 0 Å². The standard InChI is InChI=1S/C13H16FN3S/c1-3-15-13-16-8-12(18-13)9-17(2)11-6-4-10(14)5-7-11/h4-8H,3,9H2,1-2H3,(H,15,16). The van der Waals surface area contributed by atoms with Crippen LogP contribution in [0, 0.1) is 5.82 Å². The van der Waals surface area contributed by atoms with Crippen molar-refractivity contribution in [1.29, 1.82) is 0 Å². The zero-order valence-corrected chi connectivity index (χ0v) is 11.3. The van der Waals surface area contributed by atoms with E-state index in [0.29, 0.717) is 0 Å².